The summed E-state index contributed by atoms with van der Waals surface area (Å²) >= 11 is 3.80. The molecule has 0 aromatic rings. The van der Waals surface area contributed by atoms with E-state index >= 15 is 0 Å². The molecular formula is C9H13BrO. The first-order valence-corrected chi connectivity index (χ1v) is 5.41. The Morgan fingerprint density at radius 1 is 1.18 bits per heavy atom. The van der Waals surface area contributed by atoms with Gasteiger partial charge in [-0.05, 0) is 30.6 Å². The van der Waals surface area contributed by atoms with Crippen LogP contribution in [0.15, 0.2) is 0 Å². The largest absolute Gasteiger partial charge is 0.381 e. The molecular weight excluding hydrogens is 204 g/mol. The fourth-order valence-electron chi connectivity index (χ4n) is 3.39. The van der Waals surface area contributed by atoms with Gasteiger partial charge in [0.1, 0.15) is 0 Å². The molecule has 0 radical (unpaired) electrons. The normalized spacial score (nSPS) is 64.9. The van der Waals surface area contributed by atoms with Gasteiger partial charge in [-0.25, -0.2) is 0 Å². The predicted molar refractivity (Wildman–Crippen MR) is 46.7 cm³/mol. The third kappa shape index (κ3) is 0.707. The fourth-order valence-corrected chi connectivity index (χ4v) is 4.73. The highest BCUT2D eigenvalue weighted by Crippen LogP contribution is 2.68. The number of hydrogen-bond acceptors (Lipinski definition) is 1. The van der Waals surface area contributed by atoms with Gasteiger partial charge in [0.05, 0.1) is 6.10 Å². The highest BCUT2D eigenvalue weighted by molar-refractivity contribution is 9.09. The lowest BCUT2D eigenvalue weighted by atomic mass is 9.98. The molecule has 3 saturated carbocycles. The van der Waals surface area contributed by atoms with Crippen LogP contribution >= 0.6 is 15.9 Å². The number of hydrogen-bond donors (Lipinski definition) is 0. The van der Waals surface area contributed by atoms with Gasteiger partial charge in [0, 0.05) is 17.9 Å². The van der Waals surface area contributed by atoms with E-state index in [4.69, 9.17) is 4.74 Å². The Balaban J connectivity index is 1.89. The minimum absolute atomic E-state index is 0.577. The second-order valence-corrected chi connectivity index (χ2v) is 5.32. The molecule has 0 spiro atoms. The minimum Gasteiger partial charge on any atom is -0.381 e. The van der Waals surface area contributed by atoms with E-state index in [0.29, 0.717) is 6.10 Å². The van der Waals surface area contributed by atoms with Crippen molar-refractivity contribution in [3.05, 3.63) is 0 Å². The maximum absolute atomic E-state index is 5.48. The summed E-state index contributed by atoms with van der Waals surface area (Å²) in [5.41, 5.74) is 0. The summed E-state index contributed by atoms with van der Waals surface area (Å²) in [5.74, 6) is 3.92. The topological polar surface area (TPSA) is 9.23 Å². The molecule has 2 heteroatoms. The van der Waals surface area contributed by atoms with Gasteiger partial charge in [-0.2, -0.15) is 0 Å². The first-order chi connectivity index (χ1) is 5.33. The molecule has 3 aliphatic rings. The molecule has 0 aliphatic heterocycles. The fraction of sp³-hybridized carbons (Fsp3) is 1.00. The lowest BCUT2D eigenvalue weighted by Crippen LogP contribution is -2.22. The van der Waals surface area contributed by atoms with E-state index in [1.807, 2.05) is 7.11 Å². The van der Waals surface area contributed by atoms with Crippen LogP contribution < -0.4 is 0 Å². The van der Waals surface area contributed by atoms with Gasteiger partial charge in [-0.3, -0.25) is 0 Å². The molecule has 0 N–H and O–H groups in total. The van der Waals surface area contributed by atoms with Crippen molar-refractivity contribution >= 4 is 15.9 Å². The molecule has 3 rings (SSSR count). The van der Waals surface area contributed by atoms with Gasteiger partial charge >= 0.3 is 0 Å². The number of rotatable bonds is 1. The van der Waals surface area contributed by atoms with E-state index in [2.05, 4.69) is 15.9 Å². The van der Waals surface area contributed by atoms with Crippen LogP contribution in [0.1, 0.15) is 12.8 Å². The number of halogens is 1. The molecule has 3 fully saturated rings. The summed E-state index contributed by atoms with van der Waals surface area (Å²) in [6.07, 6.45) is 3.39. The molecule has 0 amide bonds. The third-order valence-electron chi connectivity index (χ3n) is 3.95. The number of alkyl halides is 1. The maximum Gasteiger partial charge on any atom is 0.0616 e. The van der Waals surface area contributed by atoms with Crippen LogP contribution in [0.5, 0.6) is 0 Å². The third-order valence-corrected chi connectivity index (χ3v) is 5.24. The predicted octanol–water partition coefficient (Wildman–Crippen LogP) is 2.05. The zero-order valence-electron chi connectivity index (χ0n) is 6.66. The highest BCUT2D eigenvalue weighted by atomic mass is 79.9. The smallest absolute Gasteiger partial charge is 0.0616 e. The molecule has 6 atom stereocenters. The summed E-state index contributed by atoms with van der Waals surface area (Å²) in [6, 6.07) is 0. The van der Waals surface area contributed by atoms with Crippen LogP contribution in [-0.2, 0) is 4.74 Å². The Labute approximate surface area is 75.6 Å². The molecule has 0 aromatic heterocycles. The average molecular weight is 217 g/mol. The number of methoxy groups -OCH3 is 1. The summed E-state index contributed by atoms with van der Waals surface area (Å²) in [7, 11) is 1.86. The molecule has 0 unspecified atom stereocenters. The van der Waals surface area contributed by atoms with Crippen LogP contribution in [0.25, 0.3) is 0 Å². The number of fused-ring (bicyclic) bond motifs is 5. The van der Waals surface area contributed by atoms with Gasteiger partial charge in [0.15, 0.2) is 0 Å². The van der Waals surface area contributed by atoms with Crippen molar-refractivity contribution in [2.75, 3.05) is 7.11 Å². The van der Waals surface area contributed by atoms with Crippen molar-refractivity contribution < 1.29 is 4.74 Å². The molecule has 1 nitrogen and oxygen atoms in total. The van der Waals surface area contributed by atoms with Crippen molar-refractivity contribution in [1.82, 2.24) is 0 Å². The van der Waals surface area contributed by atoms with Crippen molar-refractivity contribution in [2.24, 2.45) is 23.7 Å². The molecule has 0 aromatic carbocycles. The zero-order chi connectivity index (χ0) is 7.59. The van der Waals surface area contributed by atoms with E-state index in [1.165, 1.54) is 12.8 Å². The van der Waals surface area contributed by atoms with E-state index < -0.39 is 0 Å². The van der Waals surface area contributed by atoms with E-state index in [1.54, 1.807) is 0 Å². The first kappa shape index (κ1) is 6.90. The SMILES string of the molecule is CO[C@H]1C[C@H]2[C@@H](Br)[C@@H]1[C@@H]1C[C@@H]12. The van der Waals surface area contributed by atoms with Gasteiger partial charge in [-0.15, -0.1) is 0 Å². The Bertz CT molecular complexity index is 194. The second kappa shape index (κ2) is 2.02. The van der Waals surface area contributed by atoms with Crippen LogP contribution in [0.3, 0.4) is 0 Å². The molecule has 11 heavy (non-hydrogen) atoms. The van der Waals surface area contributed by atoms with E-state index in [-0.39, 0.29) is 0 Å². The van der Waals surface area contributed by atoms with Crippen LogP contribution in [0.2, 0.25) is 0 Å². The molecule has 0 saturated heterocycles. The quantitative estimate of drug-likeness (QED) is 0.611. The van der Waals surface area contributed by atoms with E-state index in [9.17, 15) is 0 Å². The van der Waals surface area contributed by atoms with E-state index in [0.717, 1.165) is 28.5 Å². The van der Waals surface area contributed by atoms with Gasteiger partial charge in [0.25, 0.3) is 0 Å². The molecule has 0 heterocycles. The Hall–Kier alpha value is 0.440. The standard InChI is InChI=1S/C9H13BrO/c1-11-7-3-6-4-2-5(4)8(7)9(6)10/h4-9H,2-3H2,1H3/t4-,5+,6+,7-,8+,9+/m0/s1. The number of ether oxygens (including phenoxy) is 1. The Kier molecular flexibility index (Phi) is 1.27. The van der Waals surface area contributed by atoms with Crippen molar-refractivity contribution in [3.63, 3.8) is 0 Å². The summed E-state index contributed by atoms with van der Waals surface area (Å²) in [6.45, 7) is 0. The lowest BCUT2D eigenvalue weighted by molar-refractivity contribution is 0.0530. The molecule has 62 valence electrons. The zero-order valence-corrected chi connectivity index (χ0v) is 8.25. The van der Waals surface area contributed by atoms with Crippen LogP contribution in [-0.4, -0.2) is 18.0 Å². The van der Waals surface area contributed by atoms with Gasteiger partial charge < -0.3 is 4.74 Å². The van der Waals surface area contributed by atoms with Crippen molar-refractivity contribution in [3.8, 4) is 0 Å². The summed E-state index contributed by atoms with van der Waals surface area (Å²) in [4.78, 5) is 0.788. The highest BCUT2D eigenvalue weighted by Gasteiger charge is 2.65. The Morgan fingerprint density at radius 2 is 2.00 bits per heavy atom. The molecule has 3 aliphatic carbocycles. The van der Waals surface area contributed by atoms with Gasteiger partial charge in [-0.1, -0.05) is 15.9 Å². The monoisotopic (exact) mass is 216 g/mol. The van der Waals surface area contributed by atoms with Crippen molar-refractivity contribution in [2.45, 2.75) is 23.8 Å². The lowest BCUT2D eigenvalue weighted by Gasteiger charge is -2.19. The average Bonchev–Trinajstić information content (AvgIpc) is 2.69. The van der Waals surface area contributed by atoms with Crippen LogP contribution in [0.4, 0.5) is 0 Å². The molecule has 2 bridgehead atoms. The maximum atomic E-state index is 5.48. The minimum atomic E-state index is 0.577. The summed E-state index contributed by atoms with van der Waals surface area (Å²) in [5, 5.41) is 0. The van der Waals surface area contributed by atoms with Gasteiger partial charge in [0.2, 0.25) is 0 Å². The van der Waals surface area contributed by atoms with Crippen LogP contribution in [0, 0.1) is 23.7 Å². The second-order valence-electron chi connectivity index (χ2n) is 4.26. The van der Waals surface area contributed by atoms with Crippen molar-refractivity contribution in [1.29, 1.82) is 0 Å². The Morgan fingerprint density at radius 3 is 2.55 bits per heavy atom. The summed E-state index contributed by atoms with van der Waals surface area (Å²) < 4.78 is 5.48. The first-order valence-electron chi connectivity index (χ1n) is 4.50.